The number of nitrogens with one attached hydrogen (secondary N) is 1. The number of benzene rings is 2. The SMILES string of the molecule is O=C(CCc1ccc2c(c1)OCCO2)NCCSCc1c(F)cccc1Cl. The van der Waals surface area contributed by atoms with E-state index in [2.05, 4.69) is 5.32 Å². The van der Waals surface area contributed by atoms with Gasteiger partial charge in [0.05, 0.1) is 0 Å². The van der Waals surface area contributed by atoms with E-state index in [4.69, 9.17) is 21.1 Å². The van der Waals surface area contributed by atoms with E-state index in [0.29, 0.717) is 54.7 Å². The number of fused-ring (bicyclic) bond motifs is 1. The van der Waals surface area contributed by atoms with Gasteiger partial charge in [0.2, 0.25) is 5.91 Å². The third-order valence-electron chi connectivity index (χ3n) is 4.12. The summed E-state index contributed by atoms with van der Waals surface area (Å²) >= 11 is 7.53. The number of carbonyl (C=O) groups is 1. The summed E-state index contributed by atoms with van der Waals surface area (Å²) < 4.78 is 24.7. The molecule has 0 bridgehead atoms. The van der Waals surface area contributed by atoms with Crippen molar-refractivity contribution in [3.8, 4) is 11.5 Å². The van der Waals surface area contributed by atoms with Crippen LogP contribution in [0.3, 0.4) is 0 Å². The Labute approximate surface area is 167 Å². The molecular formula is C20H21ClFNO3S. The molecule has 1 aliphatic heterocycles. The number of carbonyl (C=O) groups excluding carboxylic acids is 1. The molecule has 27 heavy (non-hydrogen) atoms. The minimum Gasteiger partial charge on any atom is -0.486 e. The molecule has 0 spiro atoms. The van der Waals surface area contributed by atoms with Crippen molar-refractivity contribution in [3.05, 3.63) is 58.4 Å². The lowest BCUT2D eigenvalue weighted by molar-refractivity contribution is -0.120. The highest BCUT2D eigenvalue weighted by Gasteiger charge is 2.12. The lowest BCUT2D eigenvalue weighted by Crippen LogP contribution is -2.26. The molecule has 4 nitrogen and oxygen atoms in total. The molecule has 1 aliphatic rings. The van der Waals surface area contributed by atoms with Crippen LogP contribution in [0.15, 0.2) is 36.4 Å². The lowest BCUT2D eigenvalue weighted by Gasteiger charge is -2.18. The zero-order chi connectivity index (χ0) is 19.1. The summed E-state index contributed by atoms with van der Waals surface area (Å²) in [7, 11) is 0. The molecule has 2 aromatic carbocycles. The van der Waals surface area contributed by atoms with Crippen molar-refractivity contribution >= 4 is 29.3 Å². The van der Waals surface area contributed by atoms with Crippen molar-refractivity contribution in [2.45, 2.75) is 18.6 Å². The summed E-state index contributed by atoms with van der Waals surface area (Å²) in [5.41, 5.74) is 1.55. The van der Waals surface area contributed by atoms with Gasteiger partial charge in [-0.05, 0) is 36.2 Å². The van der Waals surface area contributed by atoms with E-state index >= 15 is 0 Å². The van der Waals surface area contributed by atoms with Crippen molar-refractivity contribution in [1.29, 1.82) is 0 Å². The van der Waals surface area contributed by atoms with E-state index in [-0.39, 0.29) is 11.7 Å². The summed E-state index contributed by atoms with van der Waals surface area (Å²) in [5, 5.41) is 3.32. The number of halogens is 2. The Hall–Kier alpha value is -1.92. The second-order valence-electron chi connectivity index (χ2n) is 6.08. The van der Waals surface area contributed by atoms with E-state index in [1.54, 1.807) is 12.1 Å². The highest BCUT2D eigenvalue weighted by atomic mass is 35.5. The normalized spacial score (nSPS) is 12.7. The van der Waals surface area contributed by atoms with E-state index in [1.165, 1.54) is 17.8 Å². The van der Waals surface area contributed by atoms with Crippen LogP contribution in [0.1, 0.15) is 17.5 Å². The fraction of sp³-hybridized carbons (Fsp3) is 0.350. The van der Waals surface area contributed by atoms with Crippen molar-refractivity contribution in [2.75, 3.05) is 25.5 Å². The number of hydrogen-bond acceptors (Lipinski definition) is 4. The van der Waals surface area contributed by atoms with Crippen LogP contribution in [-0.2, 0) is 17.0 Å². The van der Waals surface area contributed by atoms with Gasteiger partial charge in [-0.2, -0.15) is 11.8 Å². The molecule has 144 valence electrons. The summed E-state index contributed by atoms with van der Waals surface area (Å²) in [6, 6.07) is 10.4. The first-order valence-corrected chi connectivity index (χ1v) is 10.3. The van der Waals surface area contributed by atoms with Crippen molar-refractivity contribution in [2.24, 2.45) is 0 Å². The maximum Gasteiger partial charge on any atom is 0.220 e. The van der Waals surface area contributed by atoms with Crippen molar-refractivity contribution < 1.29 is 18.7 Å². The van der Waals surface area contributed by atoms with Gasteiger partial charge in [0.1, 0.15) is 19.0 Å². The number of hydrogen-bond donors (Lipinski definition) is 1. The van der Waals surface area contributed by atoms with E-state index in [9.17, 15) is 9.18 Å². The number of aryl methyl sites for hydroxylation is 1. The minimum absolute atomic E-state index is 0.00517. The number of thioether (sulfide) groups is 1. The molecule has 0 fully saturated rings. The average molecular weight is 410 g/mol. The molecule has 0 aliphatic carbocycles. The molecule has 0 saturated carbocycles. The zero-order valence-corrected chi connectivity index (χ0v) is 16.4. The predicted molar refractivity (Wildman–Crippen MR) is 106 cm³/mol. The van der Waals surface area contributed by atoms with Gasteiger partial charge in [0, 0.05) is 35.1 Å². The molecule has 3 rings (SSSR count). The van der Waals surface area contributed by atoms with Gasteiger partial charge in [-0.1, -0.05) is 23.7 Å². The van der Waals surface area contributed by atoms with Crippen LogP contribution in [0.5, 0.6) is 11.5 Å². The second-order valence-corrected chi connectivity index (χ2v) is 7.59. The smallest absolute Gasteiger partial charge is 0.220 e. The first kappa shape index (κ1) is 19.8. The van der Waals surface area contributed by atoms with Crippen LogP contribution in [0, 0.1) is 5.82 Å². The summed E-state index contributed by atoms with van der Waals surface area (Å²) in [5.74, 6) is 2.37. The van der Waals surface area contributed by atoms with Crippen LogP contribution in [-0.4, -0.2) is 31.4 Å². The first-order valence-electron chi connectivity index (χ1n) is 8.79. The Morgan fingerprint density at radius 3 is 2.81 bits per heavy atom. The third-order valence-corrected chi connectivity index (χ3v) is 5.46. The van der Waals surface area contributed by atoms with Crippen LogP contribution in [0.25, 0.3) is 0 Å². The maximum atomic E-state index is 13.7. The third kappa shape index (κ3) is 5.78. The largest absolute Gasteiger partial charge is 0.486 e. The van der Waals surface area contributed by atoms with E-state index < -0.39 is 0 Å². The second kappa shape index (κ2) is 9.85. The number of ether oxygens (including phenoxy) is 2. The summed E-state index contributed by atoms with van der Waals surface area (Å²) in [4.78, 5) is 12.0. The minimum atomic E-state index is -0.293. The predicted octanol–water partition coefficient (Wildman–Crippen LogP) is 4.23. The summed E-state index contributed by atoms with van der Waals surface area (Å²) in [6.07, 6.45) is 1.05. The van der Waals surface area contributed by atoms with Gasteiger partial charge in [-0.15, -0.1) is 0 Å². The molecule has 0 saturated heterocycles. The standard InChI is InChI=1S/C20H21ClFNO3S/c21-16-2-1-3-17(22)15(16)13-27-11-8-23-20(24)7-5-14-4-6-18-19(12-14)26-10-9-25-18/h1-4,6,12H,5,7-11,13H2,(H,23,24). The highest BCUT2D eigenvalue weighted by Crippen LogP contribution is 2.31. The summed E-state index contributed by atoms with van der Waals surface area (Å²) in [6.45, 7) is 1.65. The monoisotopic (exact) mass is 409 g/mol. The topological polar surface area (TPSA) is 47.6 Å². The van der Waals surface area contributed by atoms with Gasteiger partial charge in [0.25, 0.3) is 0 Å². The molecular weight excluding hydrogens is 389 g/mol. The van der Waals surface area contributed by atoms with E-state index in [0.717, 1.165) is 17.1 Å². The molecule has 0 atom stereocenters. The molecule has 0 aromatic heterocycles. The fourth-order valence-electron chi connectivity index (χ4n) is 2.70. The Morgan fingerprint density at radius 1 is 1.19 bits per heavy atom. The Morgan fingerprint density at radius 2 is 2.00 bits per heavy atom. The molecule has 2 aromatic rings. The van der Waals surface area contributed by atoms with Crippen molar-refractivity contribution in [1.82, 2.24) is 5.32 Å². The molecule has 7 heteroatoms. The maximum absolute atomic E-state index is 13.7. The Bertz CT molecular complexity index is 783. The molecule has 0 radical (unpaired) electrons. The Balaban J connectivity index is 1.34. The molecule has 1 N–H and O–H groups in total. The van der Waals surface area contributed by atoms with Crippen molar-refractivity contribution in [3.63, 3.8) is 0 Å². The molecule has 1 amide bonds. The zero-order valence-electron chi connectivity index (χ0n) is 14.8. The van der Waals surface area contributed by atoms with Gasteiger partial charge >= 0.3 is 0 Å². The van der Waals surface area contributed by atoms with Crippen LogP contribution in [0.2, 0.25) is 5.02 Å². The Kier molecular flexibility index (Phi) is 7.24. The van der Waals surface area contributed by atoms with Crippen LogP contribution in [0.4, 0.5) is 4.39 Å². The number of rotatable bonds is 8. The fourth-order valence-corrected chi connectivity index (χ4v) is 3.89. The quantitative estimate of drug-likeness (QED) is 0.663. The highest BCUT2D eigenvalue weighted by molar-refractivity contribution is 7.98. The first-order chi connectivity index (χ1) is 13.1. The van der Waals surface area contributed by atoms with Gasteiger partial charge in [0.15, 0.2) is 11.5 Å². The van der Waals surface area contributed by atoms with Crippen LogP contribution < -0.4 is 14.8 Å². The lowest BCUT2D eigenvalue weighted by atomic mass is 10.1. The van der Waals surface area contributed by atoms with Gasteiger partial charge < -0.3 is 14.8 Å². The van der Waals surface area contributed by atoms with Gasteiger partial charge in [-0.3, -0.25) is 4.79 Å². The molecule has 1 heterocycles. The average Bonchev–Trinajstić information content (AvgIpc) is 2.68. The van der Waals surface area contributed by atoms with Gasteiger partial charge in [-0.25, -0.2) is 4.39 Å². The number of amides is 1. The van der Waals surface area contributed by atoms with E-state index in [1.807, 2.05) is 18.2 Å². The van der Waals surface area contributed by atoms with Crippen LogP contribution >= 0.6 is 23.4 Å². The molecule has 0 unspecified atom stereocenters.